The number of carbonyl (C=O) groups is 1. The minimum absolute atomic E-state index is 0.200. The van der Waals surface area contributed by atoms with Gasteiger partial charge in [0.1, 0.15) is 5.83 Å². The fourth-order valence-corrected chi connectivity index (χ4v) is 1.88. The van der Waals surface area contributed by atoms with Gasteiger partial charge in [0.05, 0.1) is 12.5 Å². The van der Waals surface area contributed by atoms with Gasteiger partial charge in [-0.25, -0.2) is 8.78 Å². The zero-order valence-electron chi connectivity index (χ0n) is 7.67. The minimum atomic E-state index is -0.863. The highest BCUT2D eigenvalue weighted by Gasteiger charge is 2.58. The fraction of sp³-hybridized carbons (Fsp3) is 0.500. The van der Waals surface area contributed by atoms with Gasteiger partial charge in [-0.1, -0.05) is 6.08 Å². The van der Waals surface area contributed by atoms with Gasteiger partial charge in [-0.2, -0.15) is 0 Å². The predicted molar refractivity (Wildman–Crippen MR) is 45.5 cm³/mol. The number of carbonyl (C=O) groups excluding carboxylic acids is 1. The van der Waals surface area contributed by atoms with Gasteiger partial charge >= 0.3 is 5.97 Å². The summed E-state index contributed by atoms with van der Waals surface area (Å²) in [4.78, 5) is 11.3. The maximum atomic E-state index is 13.1. The Balaban J connectivity index is 2.10. The summed E-state index contributed by atoms with van der Waals surface area (Å²) in [5.41, 5.74) is 0. The van der Waals surface area contributed by atoms with Crippen LogP contribution in [0.1, 0.15) is 6.92 Å². The third-order valence-electron chi connectivity index (χ3n) is 2.62. The van der Waals surface area contributed by atoms with E-state index < -0.39 is 29.5 Å². The quantitative estimate of drug-likeness (QED) is 0.638. The molecule has 0 N–H and O–H groups in total. The standard InChI is InChI=1S/C10H10F2O2/c1-2-14-10(13)8-5-3-4-6(11)9(12)7(5)8/h3-5,7-8H,2H2,1H3. The van der Waals surface area contributed by atoms with E-state index in [1.165, 1.54) is 6.08 Å². The third kappa shape index (κ3) is 1.25. The van der Waals surface area contributed by atoms with Gasteiger partial charge in [0.25, 0.3) is 0 Å². The lowest BCUT2D eigenvalue weighted by molar-refractivity contribution is -0.145. The van der Waals surface area contributed by atoms with Crippen molar-refractivity contribution >= 4 is 5.97 Å². The Kier molecular flexibility index (Phi) is 2.13. The maximum Gasteiger partial charge on any atom is 0.310 e. The second kappa shape index (κ2) is 3.19. The second-order valence-corrected chi connectivity index (χ2v) is 3.44. The maximum absolute atomic E-state index is 13.1. The summed E-state index contributed by atoms with van der Waals surface area (Å²) in [6, 6.07) is 0. The van der Waals surface area contributed by atoms with E-state index in [4.69, 9.17) is 4.74 Å². The lowest BCUT2D eigenvalue weighted by Crippen LogP contribution is -2.08. The molecule has 3 atom stereocenters. The lowest BCUT2D eigenvalue weighted by atomic mass is 10.2. The van der Waals surface area contributed by atoms with Crippen LogP contribution in [-0.4, -0.2) is 12.6 Å². The van der Waals surface area contributed by atoms with Crippen molar-refractivity contribution in [3.05, 3.63) is 23.8 Å². The van der Waals surface area contributed by atoms with E-state index in [1.807, 2.05) is 0 Å². The molecule has 0 aromatic rings. The first-order valence-electron chi connectivity index (χ1n) is 4.56. The largest absolute Gasteiger partial charge is 0.466 e. The van der Waals surface area contributed by atoms with Crippen LogP contribution < -0.4 is 0 Å². The summed E-state index contributed by atoms with van der Waals surface area (Å²) in [7, 11) is 0. The Bertz CT molecular complexity index is 333. The summed E-state index contributed by atoms with van der Waals surface area (Å²) in [6.07, 6.45) is 2.61. The second-order valence-electron chi connectivity index (χ2n) is 3.44. The molecule has 2 aliphatic carbocycles. The third-order valence-corrected chi connectivity index (χ3v) is 2.62. The number of hydrogen-bond donors (Lipinski definition) is 0. The Hall–Kier alpha value is -1.19. The molecule has 14 heavy (non-hydrogen) atoms. The van der Waals surface area contributed by atoms with Crippen LogP contribution >= 0.6 is 0 Å². The Morgan fingerprint density at radius 3 is 2.93 bits per heavy atom. The number of allylic oxidation sites excluding steroid dienone is 4. The molecule has 2 aliphatic rings. The fourth-order valence-electron chi connectivity index (χ4n) is 1.88. The van der Waals surface area contributed by atoms with E-state index in [2.05, 4.69) is 0 Å². The molecule has 3 unspecified atom stereocenters. The molecular formula is C10H10F2O2. The van der Waals surface area contributed by atoms with Crippen LogP contribution in [0.4, 0.5) is 8.78 Å². The number of ether oxygens (including phenoxy) is 1. The van der Waals surface area contributed by atoms with Crippen molar-refractivity contribution in [2.75, 3.05) is 6.61 Å². The molecule has 0 amide bonds. The van der Waals surface area contributed by atoms with Crippen LogP contribution in [0.3, 0.4) is 0 Å². The number of rotatable bonds is 2. The SMILES string of the molecule is CCOC(=O)C1C2C=CC(F)=C(F)C21. The smallest absolute Gasteiger partial charge is 0.310 e. The molecule has 76 valence electrons. The van der Waals surface area contributed by atoms with Crippen LogP contribution in [0, 0.1) is 17.8 Å². The minimum Gasteiger partial charge on any atom is -0.466 e. The average molecular weight is 200 g/mol. The Morgan fingerprint density at radius 2 is 2.29 bits per heavy atom. The molecule has 0 aromatic carbocycles. The predicted octanol–water partition coefficient (Wildman–Crippen LogP) is 2.13. The van der Waals surface area contributed by atoms with Crippen molar-refractivity contribution in [2.24, 2.45) is 17.8 Å². The van der Waals surface area contributed by atoms with E-state index in [1.54, 1.807) is 6.92 Å². The van der Waals surface area contributed by atoms with E-state index >= 15 is 0 Å². The van der Waals surface area contributed by atoms with E-state index in [0.717, 1.165) is 6.08 Å². The molecule has 0 aliphatic heterocycles. The van der Waals surface area contributed by atoms with Gasteiger partial charge in [0.15, 0.2) is 5.83 Å². The van der Waals surface area contributed by atoms with Gasteiger partial charge in [-0.3, -0.25) is 4.79 Å². The first-order valence-corrected chi connectivity index (χ1v) is 4.56. The highest BCUT2D eigenvalue weighted by Crippen LogP contribution is 2.56. The van der Waals surface area contributed by atoms with Crippen LogP contribution in [-0.2, 0) is 9.53 Å². The molecule has 0 saturated heterocycles. The molecular weight excluding hydrogens is 190 g/mol. The topological polar surface area (TPSA) is 26.3 Å². The number of hydrogen-bond acceptors (Lipinski definition) is 2. The average Bonchev–Trinajstić information content (AvgIpc) is 2.87. The summed E-state index contributed by atoms with van der Waals surface area (Å²) < 4.78 is 30.6. The van der Waals surface area contributed by atoms with Gasteiger partial charge in [0, 0.05) is 11.8 Å². The first kappa shape index (κ1) is 9.37. The highest BCUT2D eigenvalue weighted by atomic mass is 19.2. The van der Waals surface area contributed by atoms with Gasteiger partial charge in [-0.15, -0.1) is 0 Å². The summed E-state index contributed by atoms with van der Waals surface area (Å²) in [6.45, 7) is 1.96. The molecule has 0 bridgehead atoms. The zero-order chi connectivity index (χ0) is 10.3. The van der Waals surface area contributed by atoms with Crippen LogP contribution in [0.5, 0.6) is 0 Å². The van der Waals surface area contributed by atoms with Crippen molar-refractivity contribution in [1.82, 2.24) is 0 Å². The normalized spacial score (nSPS) is 34.1. The van der Waals surface area contributed by atoms with Crippen molar-refractivity contribution in [3.8, 4) is 0 Å². The summed E-state index contributed by atoms with van der Waals surface area (Å²) in [5, 5.41) is 0. The van der Waals surface area contributed by atoms with E-state index in [0.29, 0.717) is 0 Å². The molecule has 0 aromatic heterocycles. The molecule has 0 spiro atoms. The number of halogens is 2. The highest BCUT2D eigenvalue weighted by molar-refractivity contribution is 5.78. The van der Waals surface area contributed by atoms with Crippen molar-refractivity contribution in [1.29, 1.82) is 0 Å². The van der Waals surface area contributed by atoms with Crippen molar-refractivity contribution in [2.45, 2.75) is 6.92 Å². The molecule has 4 heteroatoms. The Labute approximate surface area is 80.2 Å². The van der Waals surface area contributed by atoms with Crippen molar-refractivity contribution in [3.63, 3.8) is 0 Å². The summed E-state index contributed by atoms with van der Waals surface area (Å²) in [5.74, 6) is -3.43. The van der Waals surface area contributed by atoms with E-state index in [9.17, 15) is 13.6 Å². The zero-order valence-corrected chi connectivity index (χ0v) is 7.67. The van der Waals surface area contributed by atoms with Crippen LogP contribution in [0.15, 0.2) is 23.8 Å². The van der Waals surface area contributed by atoms with E-state index in [-0.39, 0.29) is 12.5 Å². The van der Waals surface area contributed by atoms with Crippen LogP contribution in [0.2, 0.25) is 0 Å². The Morgan fingerprint density at radius 1 is 1.57 bits per heavy atom. The van der Waals surface area contributed by atoms with Gasteiger partial charge in [-0.05, 0) is 13.0 Å². The molecule has 2 rings (SSSR count). The van der Waals surface area contributed by atoms with Gasteiger partial charge in [0.2, 0.25) is 0 Å². The molecule has 0 radical (unpaired) electrons. The molecule has 0 heterocycles. The molecule has 1 saturated carbocycles. The molecule has 2 nitrogen and oxygen atoms in total. The monoisotopic (exact) mass is 200 g/mol. The summed E-state index contributed by atoms with van der Waals surface area (Å²) >= 11 is 0. The number of esters is 1. The molecule has 1 fully saturated rings. The van der Waals surface area contributed by atoms with Crippen molar-refractivity contribution < 1.29 is 18.3 Å². The first-order chi connectivity index (χ1) is 6.66. The number of fused-ring (bicyclic) bond motifs is 1. The van der Waals surface area contributed by atoms with Gasteiger partial charge < -0.3 is 4.74 Å². The lowest BCUT2D eigenvalue weighted by Gasteiger charge is -1.99. The van der Waals surface area contributed by atoms with Crippen LogP contribution in [0.25, 0.3) is 0 Å².